The van der Waals surface area contributed by atoms with Crippen LogP contribution < -0.4 is 19.6 Å². The van der Waals surface area contributed by atoms with Gasteiger partial charge in [0, 0.05) is 115 Å². The highest BCUT2D eigenvalue weighted by molar-refractivity contribution is 6.31. The van der Waals surface area contributed by atoms with E-state index in [2.05, 4.69) is 97.4 Å². The predicted octanol–water partition coefficient (Wildman–Crippen LogP) is 19.1. The SMILES string of the molecule is CC1=C(c2ccc(CC(=O)c3c(F)cccc3F)cc2)CN(c2ccccn2)CC1.CC1=C(c2ccc(CC(=O)c3ccc(C)cc3F)cc2)CN(c2ccccn2)CC1.CC1=C(c2cnc(CC(=O)c3c(F)cccc3F)cn2)CN(c2cnccn2)CC1.CC1=C(c2cnc(CC(=O)c3c(F)cccc3F)cn2)CN(c2nccnc2Cl)CC1. The molecule has 26 heteroatoms. The van der Waals surface area contributed by atoms with E-state index in [1.807, 2.05) is 97.7 Å². The Hall–Kier alpha value is -13.4. The Balaban J connectivity index is 0.000000139. The normalized spacial score (nSPS) is 14.2. The average molecular weight is 1650 g/mol. The van der Waals surface area contributed by atoms with E-state index >= 15 is 0 Å². The van der Waals surface area contributed by atoms with Gasteiger partial charge in [0.05, 0.1) is 76.5 Å². The molecule has 614 valence electrons. The molecule has 16 rings (SSSR count). The molecule has 0 bridgehead atoms. The molecule has 0 aliphatic carbocycles. The van der Waals surface area contributed by atoms with Crippen molar-refractivity contribution in [2.75, 3.05) is 72.0 Å². The van der Waals surface area contributed by atoms with Crippen LogP contribution in [0.15, 0.2) is 248 Å². The topological polar surface area (TPSA) is 210 Å². The molecule has 6 aromatic heterocycles. The summed E-state index contributed by atoms with van der Waals surface area (Å²) in [5.41, 5.74) is 14.9. The lowest BCUT2D eigenvalue weighted by Crippen LogP contribution is -2.32. The van der Waals surface area contributed by atoms with Crippen molar-refractivity contribution in [3.05, 3.63) is 367 Å². The van der Waals surface area contributed by atoms with Crippen molar-refractivity contribution >= 4 is 80.3 Å². The molecule has 0 saturated heterocycles. The number of rotatable bonds is 20. The molecule has 0 spiro atoms. The van der Waals surface area contributed by atoms with Crippen LogP contribution in [0.2, 0.25) is 5.15 Å². The van der Waals surface area contributed by atoms with E-state index in [4.69, 9.17) is 11.6 Å². The highest BCUT2D eigenvalue weighted by Gasteiger charge is 2.28. The van der Waals surface area contributed by atoms with Crippen molar-refractivity contribution in [3.63, 3.8) is 0 Å². The number of benzene rings is 6. The van der Waals surface area contributed by atoms with Gasteiger partial charge in [0.1, 0.15) is 58.2 Å². The summed E-state index contributed by atoms with van der Waals surface area (Å²) in [6.07, 6.45) is 21.2. The highest BCUT2D eigenvalue weighted by atomic mass is 35.5. The minimum atomic E-state index is -0.889. The molecule has 18 nitrogen and oxygen atoms in total. The summed E-state index contributed by atoms with van der Waals surface area (Å²) in [5, 5.41) is 0.335. The van der Waals surface area contributed by atoms with Crippen LogP contribution >= 0.6 is 11.6 Å². The summed E-state index contributed by atoms with van der Waals surface area (Å²) in [6.45, 7) is 16.4. The number of nitrogens with zero attached hydrogens (tertiary/aromatic N) is 14. The summed E-state index contributed by atoms with van der Waals surface area (Å²) in [5.74, 6) is -4.40. The molecule has 0 radical (unpaired) electrons. The molecule has 0 fully saturated rings. The van der Waals surface area contributed by atoms with Crippen molar-refractivity contribution < 1.29 is 49.9 Å². The first-order chi connectivity index (χ1) is 58.5. The maximum Gasteiger partial charge on any atom is 0.174 e. The standard InChI is InChI=1S/C26H25FN2O.C25H22F2N2O.C22H18ClF2N5O.C22H19F2N5O/c1-18-6-11-22(24(27)15-18)25(30)16-20-7-9-21(10-8-20)23-17-29(14-12-19(23)2)26-5-3-4-13-28-26;1-17-12-14-29(24-7-2-3-13-28-24)16-20(17)19-10-8-18(9-11-19)15-23(30)25-21(26)5-4-6-22(25)27;1-13-5-8-30(22-21(23)26-6-7-27-22)12-15(13)18-11-28-14(10-29-18)9-19(31)20-16(24)3-2-4-17(20)25;1-14-5-8-29(21-12-25-6-7-26-21)13-16(14)19-11-27-15(10-28-19)9-20(30)22-17(23)3-2-4-18(22)24/h3-11,13,15H,12,14,16-17H2,1-2H3;2-11,13H,12,14-16H2,1H3;2-4,6-7,10-11H,5,8-9,12H2,1H3;2-4,6-7,10-12H,5,8-9,13H2,1H3. The van der Waals surface area contributed by atoms with E-state index in [-0.39, 0.29) is 37.0 Å². The molecule has 4 aliphatic heterocycles. The fourth-order valence-corrected chi connectivity index (χ4v) is 14.8. The van der Waals surface area contributed by atoms with Gasteiger partial charge < -0.3 is 19.6 Å². The molecule has 0 unspecified atom stereocenters. The highest BCUT2D eigenvalue weighted by Crippen LogP contribution is 2.35. The molecular weight excluding hydrogens is 1570 g/mol. The zero-order chi connectivity index (χ0) is 85.2. The summed E-state index contributed by atoms with van der Waals surface area (Å²) in [6, 6.07) is 42.5. The number of aryl methyl sites for hydroxylation is 1. The number of pyridine rings is 2. The lowest BCUT2D eigenvalue weighted by atomic mass is 9.93. The van der Waals surface area contributed by atoms with Gasteiger partial charge in [0.15, 0.2) is 34.1 Å². The number of carbonyl (C=O) groups is 4. The monoisotopic (exact) mass is 1650 g/mol. The summed E-state index contributed by atoms with van der Waals surface area (Å²) in [4.78, 5) is 102. The van der Waals surface area contributed by atoms with Crippen LogP contribution in [0.1, 0.15) is 145 Å². The van der Waals surface area contributed by atoms with E-state index in [0.29, 0.717) is 46.8 Å². The van der Waals surface area contributed by atoms with Crippen molar-refractivity contribution in [1.82, 2.24) is 49.8 Å². The second-order valence-corrected chi connectivity index (χ2v) is 30.0. The van der Waals surface area contributed by atoms with Crippen LogP contribution in [0.25, 0.3) is 22.3 Å². The number of Topliss-reactive ketones (excluding diaryl/α,β-unsaturated/α-hetero) is 4. The number of halogens is 8. The van der Waals surface area contributed by atoms with Crippen LogP contribution in [0, 0.1) is 47.6 Å². The van der Waals surface area contributed by atoms with E-state index < -0.39 is 74.8 Å². The molecule has 0 atom stereocenters. The van der Waals surface area contributed by atoms with Gasteiger partial charge in [-0.05, 0) is 183 Å². The second kappa shape index (κ2) is 39.9. The van der Waals surface area contributed by atoms with Crippen LogP contribution in [-0.4, -0.2) is 125 Å². The van der Waals surface area contributed by atoms with E-state index in [9.17, 15) is 49.9 Å². The van der Waals surface area contributed by atoms with E-state index in [1.165, 1.54) is 76.3 Å². The van der Waals surface area contributed by atoms with Crippen molar-refractivity contribution in [1.29, 1.82) is 0 Å². The van der Waals surface area contributed by atoms with Gasteiger partial charge in [0.25, 0.3) is 0 Å². The maximum atomic E-state index is 14.1. The third-order valence-corrected chi connectivity index (χ3v) is 21.7. The summed E-state index contributed by atoms with van der Waals surface area (Å²) >= 11 is 6.19. The third kappa shape index (κ3) is 21.5. The fourth-order valence-electron chi connectivity index (χ4n) is 14.6. The number of anilines is 4. The predicted molar refractivity (Wildman–Crippen MR) is 455 cm³/mol. The van der Waals surface area contributed by atoms with E-state index in [1.54, 1.807) is 55.5 Å². The van der Waals surface area contributed by atoms with Gasteiger partial charge in [-0.25, -0.2) is 55.7 Å². The van der Waals surface area contributed by atoms with Crippen molar-refractivity contribution in [2.45, 2.75) is 86.0 Å². The number of carbonyl (C=O) groups excluding carboxylic acids is 4. The van der Waals surface area contributed by atoms with Crippen LogP contribution in [0.3, 0.4) is 0 Å². The molecule has 6 aromatic carbocycles. The largest absolute Gasteiger partial charge is 0.352 e. The zero-order valence-corrected chi connectivity index (χ0v) is 67.8. The minimum Gasteiger partial charge on any atom is -0.352 e. The molecule has 12 aromatic rings. The van der Waals surface area contributed by atoms with Gasteiger partial charge in [-0.2, -0.15) is 0 Å². The van der Waals surface area contributed by atoms with Gasteiger partial charge in [0.2, 0.25) is 0 Å². The Kier molecular flexibility index (Phi) is 28.2. The second-order valence-electron chi connectivity index (χ2n) is 29.7. The van der Waals surface area contributed by atoms with Gasteiger partial charge in [-0.3, -0.25) is 44.1 Å². The molecule has 10 heterocycles. The molecule has 0 N–H and O–H groups in total. The average Bonchev–Trinajstić information content (AvgIpc) is 0.814. The van der Waals surface area contributed by atoms with Gasteiger partial charge in [-0.15, -0.1) is 0 Å². The number of aromatic nitrogens is 10. The smallest absolute Gasteiger partial charge is 0.174 e. The Morgan fingerprint density at radius 3 is 1.13 bits per heavy atom. The molecule has 0 amide bonds. The summed E-state index contributed by atoms with van der Waals surface area (Å²) < 4.78 is 97.1. The number of hydrogen-bond acceptors (Lipinski definition) is 18. The Labute approximate surface area is 701 Å². The lowest BCUT2D eigenvalue weighted by molar-refractivity contribution is 0.0975. The van der Waals surface area contributed by atoms with Gasteiger partial charge >= 0.3 is 0 Å². The van der Waals surface area contributed by atoms with Crippen molar-refractivity contribution in [3.8, 4) is 0 Å². The Morgan fingerprint density at radius 2 is 0.727 bits per heavy atom. The maximum absolute atomic E-state index is 14.1. The summed E-state index contributed by atoms with van der Waals surface area (Å²) in [7, 11) is 0. The first kappa shape index (κ1) is 85.5. The molecule has 4 aliphatic rings. The first-order valence-corrected chi connectivity index (χ1v) is 39.7. The third-order valence-electron chi connectivity index (χ3n) is 21.4. The number of ketones is 4. The van der Waals surface area contributed by atoms with E-state index in [0.717, 1.165) is 158 Å². The van der Waals surface area contributed by atoms with Crippen LogP contribution in [-0.2, 0) is 25.7 Å². The number of hydrogen-bond donors (Lipinski definition) is 0. The molecular formula is C95H84ClF7N14O4. The minimum absolute atomic E-state index is 0.0454. The first-order valence-electron chi connectivity index (χ1n) is 39.3. The van der Waals surface area contributed by atoms with Crippen molar-refractivity contribution in [2.24, 2.45) is 0 Å². The Morgan fingerprint density at radius 1 is 0.339 bits per heavy atom. The molecule has 0 saturated carbocycles. The van der Waals surface area contributed by atoms with Gasteiger partial charge in [-0.1, -0.05) is 119 Å². The zero-order valence-electron chi connectivity index (χ0n) is 67.1. The Bertz CT molecular complexity index is 5650. The fraction of sp³-hybridized carbons (Fsp3) is 0.221. The molecule has 121 heavy (non-hydrogen) atoms. The van der Waals surface area contributed by atoms with Crippen LogP contribution in [0.5, 0.6) is 0 Å². The quantitative estimate of drug-likeness (QED) is 0.0513. The van der Waals surface area contributed by atoms with Crippen LogP contribution in [0.4, 0.5) is 54.0 Å². The lowest BCUT2D eigenvalue weighted by Gasteiger charge is -2.31.